The zero-order valence-electron chi connectivity index (χ0n) is 10.7. The molecule has 5 nitrogen and oxygen atoms in total. The summed E-state index contributed by atoms with van der Waals surface area (Å²) in [6.45, 7) is 8.77. The van der Waals surface area contributed by atoms with E-state index in [0.29, 0.717) is 6.54 Å². The fraction of sp³-hybridized carbons (Fsp3) is 0.909. The predicted octanol–water partition coefficient (Wildman–Crippen LogP) is -0.741. The molecule has 0 spiro atoms. The maximum atomic E-state index is 10.6. The lowest BCUT2D eigenvalue weighted by atomic mass is 10.4. The minimum atomic E-state index is 0.260. The molecule has 0 bridgehead atoms. The number of hydrogen-bond acceptors (Lipinski definition) is 5. The highest BCUT2D eigenvalue weighted by Gasteiger charge is 2.16. The molecule has 2 fully saturated rings. The second-order valence-corrected chi connectivity index (χ2v) is 4.71. The summed E-state index contributed by atoms with van der Waals surface area (Å²) in [6.07, 6.45) is 0. The summed E-state index contributed by atoms with van der Waals surface area (Å²) in [4.78, 5) is 17.3. The van der Waals surface area contributed by atoms with Crippen molar-refractivity contribution >= 4 is 5.78 Å². The maximum absolute atomic E-state index is 10.6. The Bertz CT molecular complexity index is 216. The maximum Gasteiger partial charge on any atom is 0.143 e. The monoisotopic (exact) mass is 228 g/mol. The summed E-state index contributed by atoms with van der Waals surface area (Å²) < 4.78 is 0. The van der Waals surface area contributed by atoms with Crippen LogP contribution in [-0.4, -0.2) is 80.6 Å². The lowest BCUT2D eigenvalue weighted by Gasteiger charge is -2.12. The highest BCUT2D eigenvalue weighted by Crippen LogP contribution is 2.00. The van der Waals surface area contributed by atoms with Crippen molar-refractivity contribution in [3.8, 4) is 0 Å². The van der Waals surface area contributed by atoms with E-state index in [4.69, 9.17) is 0 Å². The molecule has 2 aliphatic heterocycles. The van der Waals surface area contributed by atoms with Crippen LogP contribution in [-0.2, 0) is 4.79 Å². The molecule has 94 valence electrons. The fourth-order valence-electron chi connectivity index (χ4n) is 1.86. The Morgan fingerprint density at radius 1 is 1.19 bits per heavy atom. The molecule has 1 N–H and O–H groups in total. The normalized spacial score (nSPS) is 23.2. The van der Waals surface area contributed by atoms with Crippen molar-refractivity contribution in [2.45, 2.75) is 6.92 Å². The predicted molar refractivity (Wildman–Crippen MR) is 65.3 cm³/mol. The van der Waals surface area contributed by atoms with E-state index < -0.39 is 0 Å². The first-order valence-electron chi connectivity index (χ1n) is 5.87. The summed E-state index contributed by atoms with van der Waals surface area (Å²) in [7, 11) is 4.18. The van der Waals surface area contributed by atoms with Gasteiger partial charge in [0.1, 0.15) is 5.78 Å². The minimum Gasteiger partial charge on any atom is -0.303 e. The quantitative estimate of drug-likeness (QED) is 0.674. The molecular formula is C11H24N4O. The molecule has 2 heterocycles. The van der Waals surface area contributed by atoms with Crippen molar-refractivity contribution < 1.29 is 4.79 Å². The molecule has 2 saturated heterocycles. The van der Waals surface area contributed by atoms with E-state index in [0.717, 1.165) is 33.0 Å². The van der Waals surface area contributed by atoms with Gasteiger partial charge in [0.05, 0.1) is 13.2 Å². The summed E-state index contributed by atoms with van der Waals surface area (Å²) in [5.74, 6) is 0.260. The Morgan fingerprint density at radius 3 is 2.25 bits per heavy atom. The summed E-state index contributed by atoms with van der Waals surface area (Å²) in [5, 5.41) is 3.20. The van der Waals surface area contributed by atoms with Gasteiger partial charge in [-0.2, -0.15) is 0 Å². The molecule has 0 aliphatic carbocycles. The summed E-state index contributed by atoms with van der Waals surface area (Å²) in [5.41, 5.74) is 0. The van der Waals surface area contributed by atoms with Crippen LogP contribution in [0.5, 0.6) is 0 Å². The van der Waals surface area contributed by atoms with Crippen LogP contribution in [0.2, 0.25) is 0 Å². The van der Waals surface area contributed by atoms with E-state index in [1.807, 2.05) is 0 Å². The fourth-order valence-corrected chi connectivity index (χ4v) is 1.86. The van der Waals surface area contributed by atoms with Gasteiger partial charge in [-0.3, -0.25) is 19.5 Å². The zero-order valence-corrected chi connectivity index (χ0v) is 10.7. The van der Waals surface area contributed by atoms with E-state index in [1.165, 1.54) is 6.54 Å². The van der Waals surface area contributed by atoms with Gasteiger partial charge in [0.2, 0.25) is 0 Å². The molecule has 2 aliphatic rings. The van der Waals surface area contributed by atoms with Crippen molar-refractivity contribution in [3.63, 3.8) is 0 Å². The number of Topliss-reactive ketones (excluding diaryl/α,β-unsaturated/α-hetero) is 1. The Kier molecular flexibility index (Phi) is 5.90. The van der Waals surface area contributed by atoms with E-state index in [2.05, 4.69) is 34.1 Å². The number of carbonyl (C=O) groups is 1. The molecule has 0 aromatic rings. The second kappa shape index (κ2) is 6.96. The van der Waals surface area contributed by atoms with Crippen molar-refractivity contribution in [2.75, 3.05) is 60.2 Å². The van der Waals surface area contributed by atoms with Crippen LogP contribution < -0.4 is 5.32 Å². The van der Waals surface area contributed by atoms with Gasteiger partial charge in [0, 0.05) is 32.8 Å². The lowest BCUT2D eigenvalue weighted by molar-refractivity contribution is -0.118. The van der Waals surface area contributed by atoms with Crippen molar-refractivity contribution in [2.24, 2.45) is 0 Å². The Morgan fingerprint density at radius 2 is 1.94 bits per heavy atom. The van der Waals surface area contributed by atoms with Crippen LogP contribution in [0.3, 0.4) is 0 Å². The SMILES string of the molecule is CC(=O)CN1CCN(C)C1.CN1CCNC1. The Labute approximate surface area is 98.4 Å². The third-order valence-electron chi connectivity index (χ3n) is 2.74. The van der Waals surface area contributed by atoms with Crippen LogP contribution in [0, 0.1) is 0 Å². The molecule has 5 heteroatoms. The number of nitrogens with zero attached hydrogens (tertiary/aromatic N) is 3. The van der Waals surface area contributed by atoms with Gasteiger partial charge < -0.3 is 5.32 Å². The molecule has 0 unspecified atom stereocenters. The van der Waals surface area contributed by atoms with Crippen LogP contribution >= 0.6 is 0 Å². The van der Waals surface area contributed by atoms with Gasteiger partial charge in [-0.25, -0.2) is 0 Å². The van der Waals surface area contributed by atoms with Crippen LogP contribution in [0.15, 0.2) is 0 Å². The van der Waals surface area contributed by atoms with Gasteiger partial charge in [0.15, 0.2) is 0 Å². The zero-order chi connectivity index (χ0) is 12.0. The first-order chi connectivity index (χ1) is 7.58. The van der Waals surface area contributed by atoms with Gasteiger partial charge in [-0.05, 0) is 21.0 Å². The van der Waals surface area contributed by atoms with Crippen LogP contribution in [0.1, 0.15) is 6.92 Å². The molecule has 0 amide bonds. The first-order valence-corrected chi connectivity index (χ1v) is 5.87. The number of rotatable bonds is 2. The molecule has 16 heavy (non-hydrogen) atoms. The first kappa shape index (κ1) is 13.6. The van der Waals surface area contributed by atoms with Gasteiger partial charge in [-0.1, -0.05) is 0 Å². The minimum absolute atomic E-state index is 0.260. The summed E-state index contributed by atoms with van der Waals surface area (Å²) >= 11 is 0. The Hall–Kier alpha value is -0.490. The average molecular weight is 228 g/mol. The van der Waals surface area contributed by atoms with Gasteiger partial charge in [0.25, 0.3) is 0 Å². The van der Waals surface area contributed by atoms with E-state index in [9.17, 15) is 4.79 Å². The van der Waals surface area contributed by atoms with Crippen LogP contribution in [0.4, 0.5) is 0 Å². The third kappa shape index (κ3) is 5.55. The number of ketones is 1. The average Bonchev–Trinajstić information content (AvgIpc) is 2.78. The topological polar surface area (TPSA) is 38.8 Å². The number of hydrogen-bond donors (Lipinski definition) is 1. The van der Waals surface area contributed by atoms with E-state index >= 15 is 0 Å². The molecule has 0 aromatic carbocycles. The Balaban J connectivity index is 0.000000181. The van der Waals surface area contributed by atoms with Crippen molar-refractivity contribution in [3.05, 3.63) is 0 Å². The van der Waals surface area contributed by atoms with E-state index in [-0.39, 0.29) is 5.78 Å². The highest BCUT2D eigenvalue weighted by molar-refractivity contribution is 5.77. The van der Waals surface area contributed by atoms with Crippen LogP contribution in [0.25, 0.3) is 0 Å². The molecule has 0 atom stereocenters. The number of carbonyl (C=O) groups excluding carboxylic acids is 1. The smallest absolute Gasteiger partial charge is 0.143 e. The third-order valence-corrected chi connectivity index (χ3v) is 2.74. The van der Waals surface area contributed by atoms with Gasteiger partial charge in [-0.15, -0.1) is 0 Å². The summed E-state index contributed by atoms with van der Waals surface area (Å²) in [6, 6.07) is 0. The number of likely N-dealkylation sites (N-methyl/N-ethyl adjacent to an activating group) is 2. The van der Waals surface area contributed by atoms with Gasteiger partial charge >= 0.3 is 0 Å². The number of nitrogens with one attached hydrogen (secondary N) is 1. The van der Waals surface area contributed by atoms with E-state index in [1.54, 1.807) is 6.92 Å². The molecular weight excluding hydrogens is 204 g/mol. The second-order valence-electron chi connectivity index (χ2n) is 4.71. The lowest BCUT2D eigenvalue weighted by Crippen LogP contribution is -2.27. The van der Waals surface area contributed by atoms with Crippen molar-refractivity contribution in [1.29, 1.82) is 0 Å². The highest BCUT2D eigenvalue weighted by atomic mass is 16.1. The molecule has 0 radical (unpaired) electrons. The largest absolute Gasteiger partial charge is 0.303 e. The standard InChI is InChI=1S/C7H14N2O.C4H10N2/c1-7(10)5-9-4-3-8(2)6-9;1-6-3-2-5-4-6/h3-6H2,1-2H3;5H,2-4H2,1H3. The molecule has 2 rings (SSSR count). The molecule has 0 aromatic heterocycles. The molecule has 0 saturated carbocycles. The van der Waals surface area contributed by atoms with Crippen molar-refractivity contribution in [1.82, 2.24) is 20.0 Å².